The molecule has 0 amide bonds. The highest BCUT2D eigenvalue weighted by Gasteiger charge is 2.20. The first kappa shape index (κ1) is 14.7. The van der Waals surface area contributed by atoms with Crippen LogP contribution in [0.1, 0.15) is 23.1 Å². The standard InChI is InChI=1S/C18H22N2O2/c1-13-8-9-19-18-16(13)5-4-10-20(18)12-14-6-7-15(21-2)11-17(14)22-3/h6-9,11H,4-5,10,12H2,1-3H3. The first-order valence-corrected chi connectivity index (χ1v) is 7.63. The lowest BCUT2D eigenvalue weighted by Gasteiger charge is -2.31. The summed E-state index contributed by atoms with van der Waals surface area (Å²) in [5.41, 5.74) is 3.86. The van der Waals surface area contributed by atoms with Crippen LogP contribution >= 0.6 is 0 Å². The lowest BCUT2D eigenvalue weighted by Crippen LogP contribution is -2.30. The van der Waals surface area contributed by atoms with Crippen molar-refractivity contribution in [2.45, 2.75) is 26.3 Å². The predicted molar refractivity (Wildman–Crippen MR) is 87.9 cm³/mol. The predicted octanol–water partition coefficient (Wildman–Crippen LogP) is 3.36. The first-order valence-electron chi connectivity index (χ1n) is 7.63. The molecule has 0 bridgehead atoms. The van der Waals surface area contributed by atoms with E-state index in [4.69, 9.17) is 9.47 Å². The summed E-state index contributed by atoms with van der Waals surface area (Å²) in [5, 5.41) is 0. The van der Waals surface area contributed by atoms with E-state index in [0.29, 0.717) is 0 Å². The second kappa shape index (κ2) is 6.26. The molecule has 1 aromatic heterocycles. The largest absolute Gasteiger partial charge is 0.497 e. The number of hydrogen-bond acceptors (Lipinski definition) is 4. The topological polar surface area (TPSA) is 34.6 Å². The summed E-state index contributed by atoms with van der Waals surface area (Å²) in [7, 11) is 3.37. The van der Waals surface area contributed by atoms with Gasteiger partial charge in [0, 0.05) is 30.9 Å². The molecular weight excluding hydrogens is 276 g/mol. The summed E-state index contributed by atoms with van der Waals surface area (Å²) < 4.78 is 10.8. The van der Waals surface area contributed by atoms with E-state index in [1.165, 1.54) is 11.1 Å². The summed E-state index contributed by atoms with van der Waals surface area (Å²) >= 11 is 0. The van der Waals surface area contributed by atoms with Crippen molar-refractivity contribution < 1.29 is 9.47 Å². The molecule has 0 atom stereocenters. The third-order valence-corrected chi connectivity index (χ3v) is 4.28. The Bertz CT molecular complexity index is 670. The van der Waals surface area contributed by atoms with Gasteiger partial charge in [0.2, 0.25) is 0 Å². The van der Waals surface area contributed by atoms with Crippen molar-refractivity contribution in [3.8, 4) is 11.5 Å². The number of benzene rings is 1. The van der Waals surface area contributed by atoms with E-state index in [1.807, 2.05) is 18.3 Å². The van der Waals surface area contributed by atoms with Crippen LogP contribution in [0.4, 0.5) is 5.82 Å². The average molecular weight is 298 g/mol. The molecule has 1 aliphatic heterocycles. The average Bonchev–Trinajstić information content (AvgIpc) is 2.56. The smallest absolute Gasteiger partial charge is 0.132 e. The number of aromatic nitrogens is 1. The monoisotopic (exact) mass is 298 g/mol. The molecule has 3 rings (SSSR count). The van der Waals surface area contributed by atoms with Gasteiger partial charge in [-0.25, -0.2) is 4.98 Å². The number of fused-ring (bicyclic) bond motifs is 1. The Labute approximate surface area is 131 Å². The summed E-state index contributed by atoms with van der Waals surface area (Å²) in [5.74, 6) is 2.79. The Morgan fingerprint density at radius 2 is 2.05 bits per heavy atom. The number of hydrogen-bond donors (Lipinski definition) is 0. The van der Waals surface area contributed by atoms with Crippen molar-refractivity contribution in [1.29, 1.82) is 0 Å². The van der Waals surface area contributed by atoms with Crippen LogP contribution < -0.4 is 14.4 Å². The van der Waals surface area contributed by atoms with Crippen LogP contribution in [0.15, 0.2) is 30.5 Å². The number of rotatable bonds is 4. The maximum absolute atomic E-state index is 5.51. The fourth-order valence-corrected chi connectivity index (χ4v) is 3.05. The van der Waals surface area contributed by atoms with E-state index in [1.54, 1.807) is 14.2 Å². The first-order chi connectivity index (χ1) is 10.7. The minimum absolute atomic E-state index is 0.802. The Kier molecular flexibility index (Phi) is 4.18. The molecule has 116 valence electrons. The molecular formula is C18H22N2O2. The van der Waals surface area contributed by atoms with E-state index in [0.717, 1.165) is 48.8 Å². The van der Waals surface area contributed by atoms with E-state index in [2.05, 4.69) is 28.9 Å². The van der Waals surface area contributed by atoms with Gasteiger partial charge in [-0.3, -0.25) is 0 Å². The zero-order chi connectivity index (χ0) is 15.5. The number of anilines is 1. The van der Waals surface area contributed by atoms with Crippen LogP contribution in [0.2, 0.25) is 0 Å². The highest BCUT2D eigenvalue weighted by Crippen LogP contribution is 2.31. The van der Waals surface area contributed by atoms with Gasteiger partial charge in [0.1, 0.15) is 17.3 Å². The van der Waals surface area contributed by atoms with Crippen molar-refractivity contribution in [3.63, 3.8) is 0 Å². The molecule has 2 heterocycles. The molecule has 0 spiro atoms. The van der Waals surface area contributed by atoms with E-state index < -0.39 is 0 Å². The van der Waals surface area contributed by atoms with Crippen molar-refractivity contribution in [2.24, 2.45) is 0 Å². The van der Waals surface area contributed by atoms with Crippen molar-refractivity contribution in [2.75, 3.05) is 25.7 Å². The van der Waals surface area contributed by atoms with Crippen LogP contribution in [-0.2, 0) is 13.0 Å². The molecule has 0 saturated heterocycles. The summed E-state index contributed by atoms with van der Waals surface area (Å²) in [4.78, 5) is 6.95. The molecule has 22 heavy (non-hydrogen) atoms. The quantitative estimate of drug-likeness (QED) is 0.867. The Hall–Kier alpha value is -2.23. The van der Waals surface area contributed by atoms with E-state index in [-0.39, 0.29) is 0 Å². The Morgan fingerprint density at radius 1 is 1.18 bits per heavy atom. The SMILES string of the molecule is COc1ccc(CN2CCCc3c(C)ccnc32)c(OC)c1. The number of pyridine rings is 1. The summed E-state index contributed by atoms with van der Waals surface area (Å²) in [6.07, 6.45) is 4.18. The van der Waals surface area contributed by atoms with Gasteiger partial charge >= 0.3 is 0 Å². The van der Waals surface area contributed by atoms with Crippen molar-refractivity contribution in [1.82, 2.24) is 4.98 Å². The third kappa shape index (κ3) is 2.73. The highest BCUT2D eigenvalue weighted by molar-refractivity contribution is 5.54. The van der Waals surface area contributed by atoms with Gasteiger partial charge in [-0.15, -0.1) is 0 Å². The minimum atomic E-state index is 0.802. The number of methoxy groups -OCH3 is 2. The Balaban J connectivity index is 1.90. The molecule has 0 N–H and O–H groups in total. The third-order valence-electron chi connectivity index (χ3n) is 4.28. The van der Waals surface area contributed by atoms with E-state index >= 15 is 0 Å². The molecule has 2 aromatic rings. The van der Waals surface area contributed by atoms with Crippen LogP contribution in [0.25, 0.3) is 0 Å². The maximum atomic E-state index is 5.51. The second-order valence-electron chi connectivity index (χ2n) is 5.63. The van der Waals surface area contributed by atoms with Gasteiger partial charge in [0.05, 0.1) is 14.2 Å². The second-order valence-corrected chi connectivity index (χ2v) is 5.63. The molecule has 1 aromatic carbocycles. The molecule has 0 saturated carbocycles. The fourth-order valence-electron chi connectivity index (χ4n) is 3.05. The molecule has 0 unspecified atom stereocenters. The lowest BCUT2D eigenvalue weighted by atomic mass is 10.0. The zero-order valence-electron chi connectivity index (χ0n) is 13.4. The van der Waals surface area contributed by atoms with Crippen LogP contribution in [0.3, 0.4) is 0 Å². The lowest BCUT2D eigenvalue weighted by molar-refractivity contribution is 0.390. The number of aryl methyl sites for hydroxylation is 1. The zero-order valence-corrected chi connectivity index (χ0v) is 13.4. The van der Waals surface area contributed by atoms with Crippen molar-refractivity contribution >= 4 is 5.82 Å². The minimum Gasteiger partial charge on any atom is -0.497 e. The highest BCUT2D eigenvalue weighted by atomic mass is 16.5. The van der Waals surface area contributed by atoms with Crippen LogP contribution in [-0.4, -0.2) is 25.7 Å². The van der Waals surface area contributed by atoms with Crippen LogP contribution in [0, 0.1) is 6.92 Å². The molecule has 4 heteroatoms. The van der Waals surface area contributed by atoms with E-state index in [9.17, 15) is 0 Å². The number of nitrogens with zero attached hydrogens (tertiary/aromatic N) is 2. The van der Waals surface area contributed by atoms with Gasteiger partial charge in [0.25, 0.3) is 0 Å². The normalized spacial score (nSPS) is 13.7. The molecule has 0 radical (unpaired) electrons. The Morgan fingerprint density at radius 3 is 2.82 bits per heavy atom. The van der Waals surface area contributed by atoms with Gasteiger partial charge in [-0.2, -0.15) is 0 Å². The summed E-state index contributed by atoms with van der Waals surface area (Å²) in [6, 6.07) is 8.08. The molecule has 4 nitrogen and oxygen atoms in total. The molecule has 0 fully saturated rings. The fraction of sp³-hybridized carbons (Fsp3) is 0.389. The van der Waals surface area contributed by atoms with Gasteiger partial charge in [-0.1, -0.05) is 0 Å². The van der Waals surface area contributed by atoms with Gasteiger partial charge in [-0.05, 0) is 49.1 Å². The molecule has 1 aliphatic rings. The van der Waals surface area contributed by atoms with Crippen LogP contribution in [0.5, 0.6) is 11.5 Å². The summed E-state index contributed by atoms with van der Waals surface area (Å²) in [6.45, 7) is 3.99. The van der Waals surface area contributed by atoms with Crippen molar-refractivity contribution in [3.05, 3.63) is 47.2 Å². The molecule has 0 aliphatic carbocycles. The van der Waals surface area contributed by atoms with Gasteiger partial charge in [0.15, 0.2) is 0 Å². The number of ether oxygens (including phenoxy) is 2. The maximum Gasteiger partial charge on any atom is 0.132 e. The van der Waals surface area contributed by atoms with Gasteiger partial charge < -0.3 is 14.4 Å².